The van der Waals surface area contributed by atoms with E-state index < -0.39 is 0 Å². The predicted octanol–water partition coefficient (Wildman–Crippen LogP) is 2.02. The summed E-state index contributed by atoms with van der Waals surface area (Å²) in [4.78, 5) is 11.1. The number of hydrogen-bond acceptors (Lipinski definition) is 1. The lowest BCUT2D eigenvalue weighted by Gasteiger charge is -1.98. The summed E-state index contributed by atoms with van der Waals surface area (Å²) in [5.41, 5.74) is 2.82. The maximum atomic E-state index is 11.1. The van der Waals surface area contributed by atoms with Crippen LogP contribution in [0.2, 0.25) is 0 Å². The Morgan fingerprint density at radius 3 is 2.92 bits per heavy atom. The molecule has 2 heteroatoms. The van der Waals surface area contributed by atoms with E-state index in [-0.39, 0.29) is 0 Å². The molecule has 2 aliphatic rings. The van der Waals surface area contributed by atoms with E-state index >= 15 is 0 Å². The van der Waals surface area contributed by atoms with Crippen molar-refractivity contribution in [1.82, 2.24) is 0 Å². The van der Waals surface area contributed by atoms with Gasteiger partial charge in [0.25, 0.3) is 0 Å². The fourth-order valence-electron chi connectivity index (χ4n) is 1.63. The minimum Gasteiger partial charge on any atom is -0.299 e. The van der Waals surface area contributed by atoms with Gasteiger partial charge in [0.2, 0.25) is 0 Å². The SMILES string of the molecule is O=C1CC2=CC=C[C@@H](P)C=C2C1. The zero-order valence-electron chi connectivity index (χ0n) is 6.79. The molecule has 0 N–H and O–H groups in total. The molecule has 1 nitrogen and oxygen atoms in total. The zero-order valence-corrected chi connectivity index (χ0v) is 7.94. The smallest absolute Gasteiger partial charge is 0.141 e. The Labute approximate surface area is 74.4 Å². The van der Waals surface area contributed by atoms with Gasteiger partial charge in [0.15, 0.2) is 0 Å². The molecule has 0 saturated heterocycles. The fourth-order valence-corrected chi connectivity index (χ4v) is 1.99. The molecule has 0 aliphatic heterocycles. The summed E-state index contributed by atoms with van der Waals surface area (Å²) in [7, 11) is 2.74. The van der Waals surface area contributed by atoms with Gasteiger partial charge < -0.3 is 0 Å². The lowest BCUT2D eigenvalue weighted by molar-refractivity contribution is -0.116. The van der Waals surface area contributed by atoms with Crippen LogP contribution in [-0.4, -0.2) is 11.4 Å². The Bertz CT molecular complexity index is 310. The second kappa shape index (κ2) is 2.99. The van der Waals surface area contributed by atoms with Crippen molar-refractivity contribution < 1.29 is 4.79 Å². The monoisotopic (exact) mass is 178 g/mol. The van der Waals surface area contributed by atoms with E-state index in [2.05, 4.69) is 27.5 Å². The lowest BCUT2D eigenvalue weighted by atomic mass is 10.1. The average Bonchev–Trinajstić information content (AvgIpc) is 2.23. The number of Topliss-reactive ketones (excluding diaryl/α,β-unsaturated/α-hetero) is 1. The van der Waals surface area contributed by atoms with Gasteiger partial charge in [-0.2, -0.15) is 0 Å². The highest BCUT2D eigenvalue weighted by Gasteiger charge is 2.21. The van der Waals surface area contributed by atoms with Crippen LogP contribution in [0.3, 0.4) is 0 Å². The highest BCUT2D eigenvalue weighted by Crippen LogP contribution is 2.30. The molecule has 2 rings (SSSR count). The number of carbonyl (C=O) groups excluding carboxylic acids is 1. The topological polar surface area (TPSA) is 17.1 Å². The van der Waals surface area contributed by atoms with Crippen LogP contribution >= 0.6 is 9.24 Å². The summed E-state index contributed by atoms with van der Waals surface area (Å²) in [6.45, 7) is 0. The Kier molecular flexibility index (Phi) is 1.98. The lowest BCUT2D eigenvalue weighted by Crippen LogP contribution is -1.88. The van der Waals surface area contributed by atoms with Crippen molar-refractivity contribution in [3.05, 3.63) is 35.5 Å². The molecule has 0 heterocycles. The summed E-state index contributed by atoms with van der Waals surface area (Å²) in [6, 6.07) is 0. The number of hydrogen-bond donors (Lipinski definition) is 0. The van der Waals surface area contributed by atoms with Crippen molar-refractivity contribution in [1.29, 1.82) is 0 Å². The van der Waals surface area contributed by atoms with Crippen LogP contribution in [0.15, 0.2) is 35.5 Å². The van der Waals surface area contributed by atoms with E-state index in [4.69, 9.17) is 0 Å². The van der Waals surface area contributed by atoms with Gasteiger partial charge in [-0.05, 0) is 11.1 Å². The van der Waals surface area contributed by atoms with E-state index in [1.807, 2.05) is 6.08 Å². The average molecular weight is 178 g/mol. The molecule has 0 bridgehead atoms. The quantitative estimate of drug-likeness (QED) is 0.518. The predicted molar refractivity (Wildman–Crippen MR) is 53.0 cm³/mol. The number of rotatable bonds is 0. The third kappa shape index (κ3) is 1.42. The molecule has 1 saturated carbocycles. The van der Waals surface area contributed by atoms with E-state index in [9.17, 15) is 4.79 Å². The molecule has 2 aliphatic carbocycles. The summed E-state index contributed by atoms with van der Waals surface area (Å²) in [5.74, 6) is 0.347. The Morgan fingerprint density at radius 2 is 2.08 bits per heavy atom. The first kappa shape index (κ1) is 7.94. The third-order valence-electron chi connectivity index (χ3n) is 2.21. The number of ketones is 1. The molecule has 0 aromatic rings. The molecule has 12 heavy (non-hydrogen) atoms. The van der Waals surface area contributed by atoms with Gasteiger partial charge in [-0.3, -0.25) is 4.79 Å². The molecule has 0 aromatic heterocycles. The molecular formula is C10H11OP. The molecule has 0 amide bonds. The van der Waals surface area contributed by atoms with E-state index in [1.165, 1.54) is 11.1 Å². The largest absolute Gasteiger partial charge is 0.299 e. The van der Waals surface area contributed by atoms with Crippen LogP contribution in [0.25, 0.3) is 0 Å². The molecule has 0 spiro atoms. The molecule has 2 atom stereocenters. The maximum absolute atomic E-state index is 11.1. The minimum atomic E-state index is 0.347. The Hall–Kier alpha value is -0.680. The molecule has 1 unspecified atom stereocenters. The van der Waals surface area contributed by atoms with Gasteiger partial charge >= 0.3 is 0 Å². The van der Waals surface area contributed by atoms with Crippen LogP contribution in [0, 0.1) is 0 Å². The van der Waals surface area contributed by atoms with Crippen LogP contribution < -0.4 is 0 Å². The van der Waals surface area contributed by atoms with Gasteiger partial charge in [-0.15, -0.1) is 9.24 Å². The van der Waals surface area contributed by atoms with Crippen LogP contribution in [-0.2, 0) is 4.79 Å². The zero-order chi connectivity index (χ0) is 8.55. The van der Waals surface area contributed by atoms with Crippen molar-refractivity contribution >= 4 is 15.0 Å². The van der Waals surface area contributed by atoms with Crippen molar-refractivity contribution in [2.75, 3.05) is 0 Å². The van der Waals surface area contributed by atoms with Crippen molar-refractivity contribution in [3.8, 4) is 0 Å². The van der Waals surface area contributed by atoms with Crippen molar-refractivity contribution in [2.45, 2.75) is 18.5 Å². The van der Waals surface area contributed by atoms with Crippen LogP contribution in [0.5, 0.6) is 0 Å². The Morgan fingerprint density at radius 1 is 1.33 bits per heavy atom. The Balaban J connectivity index is 2.37. The molecular weight excluding hydrogens is 167 g/mol. The van der Waals surface area contributed by atoms with Gasteiger partial charge in [0.1, 0.15) is 5.78 Å². The summed E-state index contributed by atoms with van der Waals surface area (Å²) in [5, 5.41) is 0. The second-order valence-electron chi connectivity index (χ2n) is 3.24. The summed E-state index contributed by atoms with van der Waals surface area (Å²) < 4.78 is 0. The van der Waals surface area contributed by atoms with E-state index in [1.54, 1.807) is 0 Å². The van der Waals surface area contributed by atoms with Gasteiger partial charge in [-0.1, -0.05) is 24.3 Å². The first-order chi connectivity index (χ1) is 5.75. The van der Waals surface area contributed by atoms with Crippen LogP contribution in [0.4, 0.5) is 0 Å². The standard InChI is InChI=1S/C10H11OP/c11-9-4-7-2-1-3-10(12)6-8(7)5-9/h1-3,6,10H,4-5,12H2/t10-/m1/s1. The third-order valence-corrected chi connectivity index (χ3v) is 2.63. The second-order valence-corrected chi connectivity index (χ2v) is 4.01. The first-order valence-electron chi connectivity index (χ1n) is 4.11. The van der Waals surface area contributed by atoms with Gasteiger partial charge in [-0.25, -0.2) is 0 Å². The number of allylic oxidation sites excluding steroid dienone is 6. The number of fused-ring (bicyclic) bond motifs is 1. The number of carbonyl (C=O) groups is 1. The molecule has 0 radical (unpaired) electrons. The van der Waals surface area contributed by atoms with E-state index in [0.717, 1.165) is 0 Å². The van der Waals surface area contributed by atoms with Crippen LogP contribution in [0.1, 0.15) is 12.8 Å². The van der Waals surface area contributed by atoms with Gasteiger partial charge in [0.05, 0.1) is 0 Å². The molecule has 0 aromatic carbocycles. The highest BCUT2D eigenvalue weighted by molar-refractivity contribution is 7.18. The van der Waals surface area contributed by atoms with E-state index in [0.29, 0.717) is 24.3 Å². The van der Waals surface area contributed by atoms with Gasteiger partial charge in [0, 0.05) is 18.5 Å². The molecule has 62 valence electrons. The normalized spacial score (nSPS) is 27.8. The van der Waals surface area contributed by atoms with Crippen molar-refractivity contribution in [2.24, 2.45) is 0 Å². The minimum absolute atomic E-state index is 0.347. The summed E-state index contributed by atoms with van der Waals surface area (Å²) >= 11 is 0. The molecule has 1 fully saturated rings. The highest BCUT2D eigenvalue weighted by atomic mass is 31.0. The fraction of sp³-hybridized carbons (Fsp3) is 0.300. The first-order valence-corrected chi connectivity index (χ1v) is 4.78. The summed E-state index contributed by atoms with van der Waals surface area (Å²) in [6.07, 6.45) is 9.64. The maximum Gasteiger partial charge on any atom is 0.141 e. The van der Waals surface area contributed by atoms with Crippen molar-refractivity contribution in [3.63, 3.8) is 0 Å².